The van der Waals surface area contributed by atoms with Crippen molar-refractivity contribution >= 4 is 164 Å². The highest BCUT2D eigenvalue weighted by molar-refractivity contribution is 7.83. The number of hydrogen-bond acceptors (Lipinski definition) is 14. The van der Waals surface area contributed by atoms with Gasteiger partial charge in [-0.1, -0.05) is 407 Å². The highest BCUT2D eigenvalue weighted by atomic mass is 32.2. The highest BCUT2D eigenvalue weighted by Crippen LogP contribution is 2.53. The number of rotatable bonds is 64. The van der Waals surface area contributed by atoms with Gasteiger partial charge < -0.3 is 0 Å². The Kier molecular flexibility index (Phi) is 49.2. The highest BCUT2D eigenvalue weighted by Gasteiger charge is 2.27. The van der Waals surface area contributed by atoms with Crippen LogP contribution in [0.3, 0.4) is 0 Å². The third-order valence-electron chi connectivity index (χ3n) is 30.1. The third-order valence-corrected chi connectivity index (χ3v) is 44.0. The third kappa shape index (κ3) is 33.4. The van der Waals surface area contributed by atoms with E-state index in [0.29, 0.717) is 0 Å². The maximum atomic E-state index is 4.96. The molecule has 16 rings (SSSR count). The molecule has 16 aromatic rings. The van der Waals surface area contributed by atoms with Gasteiger partial charge in [0.25, 0.3) is 0 Å². The van der Waals surface area contributed by atoms with Gasteiger partial charge in [0.15, 0.2) is 0 Å². The number of hydrogen-bond donors (Lipinski definition) is 4. The molecule has 0 aliphatic heterocycles. The molecule has 0 N–H and O–H groups in total. The van der Waals surface area contributed by atoms with Gasteiger partial charge in [-0.2, -0.15) is 0 Å². The monoisotopic (exact) mass is 2250 g/mol. The SMILES string of the molecule is CCCCCCc1cc(-c2sc(-c3ccc(-c4ccc(-c5sc(-c6sc(S)cc6CCCCCC)cc5CCCCCC)cc4)cc3)cc2CCCCCC)sc1S.CCCCCCc1cc(S)sc1-c1sc(-c2ccc(-c3ccc(-c4cc(CCCCCC)c(-c5sc(-c6ccc(-c7ccc(-c8cc(CCCCCC)c(-c9sc(S)cc9CCCCCC)s8)cc7)cc6)cc5CCCCCC)s4)cc3)cc2)cc1CCCCCC. The first kappa shape index (κ1) is 118. The van der Waals surface area contributed by atoms with Crippen LogP contribution in [0.2, 0.25) is 0 Å². The van der Waals surface area contributed by atoms with Gasteiger partial charge in [0.05, 0.1) is 16.8 Å². The lowest BCUT2D eigenvalue weighted by Gasteiger charge is -2.07. The number of unbranched alkanes of at least 4 members (excludes halogenated alkanes) is 30. The second-order valence-corrected chi connectivity index (χ2v) is 55.7. The molecule has 796 valence electrons. The molecule has 0 unspecified atom stereocenters. The molecule has 0 aliphatic rings. The summed E-state index contributed by atoms with van der Waals surface area (Å²) in [5.41, 5.74) is 30.6. The molecule has 6 aromatic carbocycles. The summed E-state index contributed by atoms with van der Waals surface area (Å²) < 4.78 is 4.61. The van der Waals surface area contributed by atoms with Crippen molar-refractivity contribution in [2.45, 2.75) is 407 Å². The van der Waals surface area contributed by atoms with Crippen LogP contribution in [-0.4, -0.2) is 0 Å². The van der Waals surface area contributed by atoms with Gasteiger partial charge in [0.1, 0.15) is 0 Å². The van der Waals surface area contributed by atoms with E-state index in [9.17, 15) is 0 Å². The Morgan fingerprint density at radius 3 is 0.533 bits per heavy atom. The molecular formula is C136H168S14. The van der Waals surface area contributed by atoms with Gasteiger partial charge in [-0.05, 0) is 311 Å². The number of aryl methyl sites for hydroxylation is 10. The normalized spacial score (nSPS) is 11.7. The summed E-state index contributed by atoms with van der Waals surface area (Å²) in [5, 5.41) is 0. The van der Waals surface area contributed by atoms with Crippen LogP contribution in [0.5, 0.6) is 0 Å². The Balaban J connectivity index is 0.000000249. The Morgan fingerprint density at radius 2 is 0.287 bits per heavy atom. The molecular weight excluding hydrogens is 2080 g/mol. The van der Waals surface area contributed by atoms with Gasteiger partial charge in [-0.3, -0.25) is 0 Å². The molecule has 0 atom stereocenters. The lowest BCUT2D eigenvalue weighted by molar-refractivity contribution is 0.665. The van der Waals surface area contributed by atoms with Crippen molar-refractivity contribution in [3.05, 3.63) is 262 Å². The summed E-state index contributed by atoms with van der Waals surface area (Å²) in [6.45, 7) is 23.1. The molecule has 0 amide bonds. The average Bonchev–Trinajstić information content (AvgIpc) is 1.62. The van der Waals surface area contributed by atoms with Crippen LogP contribution in [0, 0.1) is 0 Å². The Morgan fingerprint density at radius 1 is 0.133 bits per heavy atom. The van der Waals surface area contributed by atoms with Crippen molar-refractivity contribution in [1.82, 2.24) is 0 Å². The molecule has 0 aliphatic carbocycles. The van der Waals surface area contributed by atoms with Crippen LogP contribution in [0.25, 0.3) is 145 Å². The first-order valence-corrected chi connectivity index (χ1v) is 68.2. The van der Waals surface area contributed by atoms with Crippen molar-refractivity contribution in [3.63, 3.8) is 0 Å². The maximum absolute atomic E-state index is 4.96. The molecule has 0 bridgehead atoms. The molecule has 0 radical (unpaired) electrons. The zero-order chi connectivity index (χ0) is 105. The standard InChI is InChI=1S/C84H102S8.C52H66S6/c1-7-13-19-25-31-67-53-73(63-45-37-59(38-46-63)61-41-49-65(50-42-61)75-55-69(33-27-21-15-9-3)81(89-75)83-71(57-77(85)91-83)35-29-23-17-11-5)87-79(67)80-68(32-26-20-14-8-2)54-74(88-80)64-47-39-60(40-48-64)62-43-51-66(52-44-62)76-56-70(34-28-22-16-10-4)82(90-76)84-72(58-78(86)92-84)36-30-24-18-12-6;1-5-9-13-17-21-41-34-46(51-43(36-48(53)58-51)23-19-15-11-7-3)56-49(41)40-31-27-38(28-32-40)37-25-29-39(30-26-37)45-33-42(22-18-14-10-6-2)50(55-45)47-35-44(52(54)57-47)24-20-16-12-8-4/h37-58,85-86H,7-36H2,1-6H3;25-36,53-54H,5-24H2,1-4H3. The summed E-state index contributed by atoms with van der Waals surface area (Å²) >= 11 is 39.1. The van der Waals surface area contributed by atoms with E-state index >= 15 is 0 Å². The van der Waals surface area contributed by atoms with E-state index in [4.69, 9.17) is 50.5 Å². The molecule has 0 fully saturated rings. The van der Waals surface area contributed by atoms with Crippen molar-refractivity contribution < 1.29 is 0 Å². The van der Waals surface area contributed by atoms with Crippen LogP contribution in [0.1, 0.15) is 382 Å². The van der Waals surface area contributed by atoms with E-state index in [-0.39, 0.29) is 0 Å². The fourth-order valence-corrected chi connectivity index (χ4v) is 34.9. The smallest absolute Gasteiger partial charge is 0.0607 e. The molecule has 10 aromatic heterocycles. The minimum Gasteiger partial charge on any atom is -0.134 e. The summed E-state index contributed by atoms with van der Waals surface area (Å²) in [4.78, 5) is 22.9. The molecule has 0 nitrogen and oxygen atoms in total. The second kappa shape index (κ2) is 62.8. The van der Waals surface area contributed by atoms with Crippen molar-refractivity contribution in [1.29, 1.82) is 0 Å². The minimum atomic E-state index is 1.13. The first-order chi connectivity index (χ1) is 73.6. The fourth-order valence-electron chi connectivity index (χ4n) is 21.2. The molecule has 14 heteroatoms. The topological polar surface area (TPSA) is 0 Å². The van der Waals surface area contributed by atoms with Crippen molar-refractivity contribution in [2.75, 3.05) is 0 Å². The predicted molar refractivity (Wildman–Crippen MR) is 695 cm³/mol. The summed E-state index contributed by atoms with van der Waals surface area (Å²) in [6, 6.07) is 81.2. The van der Waals surface area contributed by atoms with Crippen LogP contribution >= 0.6 is 164 Å². The summed E-state index contributed by atoms with van der Waals surface area (Å²) in [7, 11) is 0. The number of thiophene rings is 10. The largest absolute Gasteiger partial charge is 0.134 e. The van der Waals surface area contributed by atoms with E-state index < -0.39 is 0 Å². The minimum absolute atomic E-state index is 1.13. The van der Waals surface area contributed by atoms with Gasteiger partial charge in [0.2, 0.25) is 0 Å². The van der Waals surface area contributed by atoms with Crippen LogP contribution in [0.15, 0.2) is 223 Å². The number of thiol groups is 4. The quantitative estimate of drug-likeness (QED) is 0.0212. The van der Waals surface area contributed by atoms with E-state index in [1.165, 1.54) is 461 Å². The Hall–Kier alpha value is -6.28. The lowest BCUT2D eigenvalue weighted by Crippen LogP contribution is -1.89. The predicted octanol–water partition coefficient (Wildman–Crippen LogP) is 49.7. The Bertz CT molecular complexity index is 6410. The van der Waals surface area contributed by atoms with Gasteiger partial charge >= 0.3 is 0 Å². The lowest BCUT2D eigenvalue weighted by atomic mass is 9.99. The van der Waals surface area contributed by atoms with Gasteiger partial charge in [-0.15, -0.1) is 164 Å². The molecule has 10 heterocycles. The van der Waals surface area contributed by atoms with Crippen LogP contribution < -0.4 is 0 Å². The molecule has 0 saturated heterocycles. The van der Waals surface area contributed by atoms with E-state index in [1.807, 2.05) is 113 Å². The first-order valence-electron chi connectivity index (χ1n) is 58.3. The second-order valence-electron chi connectivity index (χ2n) is 42.1. The zero-order valence-corrected chi connectivity index (χ0v) is 104. The van der Waals surface area contributed by atoms with Crippen LogP contribution in [-0.2, 0) is 64.2 Å². The van der Waals surface area contributed by atoms with Crippen LogP contribution in [0.4, 0.5) is 0 Å². The fraction of sp³-hybridized carbons (Fsp3) is 0.441. The average molecular weight is 2250 g/mol. The van der Waals surface area contributed by atoms with E-state index in [0.717, 1.165) is 76.8 Å². The van der Waals surface area contributed by atoms with Gasteiger partial charge in [-0.25, -0.2) is 0 Å². The Labute approximate surface area is 967 Å². The van der Waals surface area contributed by atoms with Crippen molar-refractivity contribution in [3.8, 4) is 145 Å². The summed E-state index contributed by atoms with van der Waals surface area (Å²) in [6.07, 6.45) is 62.7. The van der Waals surface area contributed by atoms with Gasteiger partial charge in [0, 0.05) is 78.0 Å². The molecule has 0 saturated carbocycles. The summed E-state index contributed by atoms with van der Waals surface area (Å²) in [5.74, 6) is 0. The zero-order valence-electron chi connectivity index (χ0n) is 91.9. The molecule has 150 heavy (non-hydrogen) atoms. The van der Waals surface area contributed by atoms with E-state index in [1.54, 1.807) is 0 Å². The maximum Gasteiger partial charge on any atom is 0.0607 e. The molecule has 0 spiro atoms. The van der Waals surface area contributed by atoms with E-state index in [2.05, 4.69) is 275 Å². The number of benzene rings is 6. The van der Waals surface area contributed by atoms with Crippen molar-refractivity contribution in [2.24, 2.45) is 0 Å².